The predicted molar refractivity (Wildman–Crippen MR) is 92.6 cm³/mol. The van der Waals surface area contributed by atoms with E-state index in [4.69, 9.17) is 0 Å². The number of halogens is 1. The van der Waals surface area contributed by atoms with Crippen molar-refractivity contribution in [3.05, 3.63) is 28.2 Å². The highest BCUT2D eigenvalue weighted by Gasteiger charge is 2.17. The molecule has 114 valence electrons. The van der Waals surface area contributed by atoms with Crippen LogP contribution < -0.4 is 10.2 Å². The zero-order chi connectivity index (χ0) is 15.1. The highest BCUT2D eigenvalue weighted by molar-refractivity contribution is 9.10. The third-order valence-corrected chi connectivity index (χ3v) is 3.92. The van der Waals surface area contributed by atoms with E-state index < -0.39 is 0 Å². The van der Waals surface area contributed by atoms with E-state index in [1.807, 2.05) is 0 Å². The quantitative estimate of drug-likeness (QED) is 0.782. The number of hydrogen-bond acceptors (Lipinski definition) is 3. The Morgan fingerprint density at radius 1 is 1.25 bits per heavy atom. The molecule has 0 aliphatic rings. The molecule has 20 heavy (non-hydrogen) atoms. The summed E-state index contributed by atoms with van der Waals surface area (Å²) in [5.74, 6) is 0. The number of nitrogens with zero attached hydrogens (tertiary/aromatic N) is 2. The van der Waals surface area contributed by atoms with Crippen molar-refractivity contribution in [2.24, 2.45) is 0 Å². The average Bonchev–Trinajstić information content (AvgIpc) is 2.38. The number of hydrogen-bond donors (Lipinski definition) is 1. The van der Waals surface area contributed by atoms with Gasteiger partial charge in [0.2, 0.25) is 0 Å². The third kappa shape index (κ3) is 5.08. The second-order valence-electron chi connectivity index (χ2n) is 5.45. The lowest BCUT2D eigenvalue weighted by Gasteiger charge is -2.34. The maximum Gasteiger partial charge on any atom is 0.0425 e. The topological polar surface area (TPSA) is 18.5 Å². The van der Waals surface area contributed by atoms with Gasteiger partial charge in [-0.1, -0.05) is 28.9 Å². The van der Waals surface area contributed by atoms with E-state index in [9.17, 15) is 0 Å². The van der Waals surface area contributed by atoms with E-state index in [0.29, 0.717) is 6.04 Å². The highest BCUT2D eigenvalue weighted by atomic mass is 79.9. The fourth-order valence-corrected chi connectivity index (χ4v) is 2.91. The lowest BCUT2D eigenvalue weighted by atomic mass is 10.1. The van der Waals surface area contributed by atoms with Crippen LogP contribution in [0, 0.1) is 0 Å². The van der Waals surface area contributed by atoms with Crippen LogP contribution in [-0.2, 0) is 6.54 Å². The van der Waals surface area contributed by atoms with Gasteiger partial charge in [0.05, 0.1) is 0 Å². The molecule has 0 saturated heterocycles. The van der Waals surface area contributed by atoms with E-state index in [-0.39, 0.29) is 0 Å². The Morgan fingerprint density at radius 3 is 2.50 bits per heavy atom. The van der Waals surface area contributed by atoms with E-state index in [0.717, 1.165) is 30.7 Å². The summed E-state index contributed by atoms with van der Waals surface area (Å²) < 4.78 is 1.14. The first-order valence-electron chi connectivity index (χ1n) is 7.40. The molecule has 0 aliphatic carbocycles. The van der Waals surface area contributed by atoms with Crippen LogP contribution in [0.2, 0.25) is 0 Å². The Morgan fingerprint density at radius 2 is 1.95 bits per heavy atom. The first-order valence-corrected chi connectivity index (χ1v) is 8.19. The summed E-state index contributed by atoms with van der Waals surface area (Å²) in [4.78, 5) is 4.73. The van der Waals surface area contributed by atoms with Gasteiger partial charge in [-0.25, -0.2) is 0 Å². The minimum Gasteiger partial charge on any atom is -0.368 e. The fraction of sp³-hybridized carbons (Fsp3) is 0.625. The molecular weight excluding hydrogens is 314 g/mol. The number of anilines is 1. The first-order chi connectivity index (χ1) is 9.49. The van der Waals surface area contributed by atoms with Crippen LogP contribution in [0.5, 0.6) is 0 Å². The third-order valence-electron chi connectivity index (χ3n) is 3.42. The van der Waals surface area contributed by atoms with Crippen molar-refractivity contribution >= 4 is 21.6 Å². The molecule has 0 spiro atoms. The number of nitrogens with one attached hydrogen (secondary N) is 1. The maximum absolute atomic E-state index is 3.60. The Bertz CT molecular complexity index is 407. The highest BCUT2D eigenvalue weighted by Crippen LogP contribution is 2.27. The van der Waals surface area contributed by atoms with Crippen LogP contribution in [0.3, 0.4) is 0 Å². The van der Waals surface area contributed by atoms with Gasteiger partial charge in [-0.3, -0.25) is 0 Å². The van der Waals surface area contributed by atoms with Crippen LogP contribution in [0.15, 0.2) is 22.7 Å². The molecule has 1 aromatic rings. The standard InChI is InChI=1S/C16H28BrN3/c1-6-18-11-14-8-9-15(17)10-16(14)20(7-2)13(3)12-19(4)5/h8-10,13,18H,6-7,11-12H2,1-5H3. The van der Waals surface area contributed by atoms with Crippen molar-refractivity contribution in [2.75, 3.05) is 38.6 Å². The minimum atomic E-state index is 0.490. The molecule has 4 heteroatoms. The summed E-state index contributed by atoms with van der Waals surface area (Å²) >= 11 is 3.60. The number of rotatable bonds is 8. The molecule has 0 radical (unpaired) electrons. The van der Waals surface area contributed by atoms with Gasteiger partial charge in [-0.2, -0.15) is 0 Å². The molecule has 0 aliphatic heterocycles. The summed E-state index contributed by atoms with van der Waals surface area (Å²) in [6, 6.07) is 7.07. The lowest BCUT2D eigenvalue weighted by molar-refractivity contribution is 0.372. The summed E-state index contributed by atoms with van der Waals surface area (Å²) in [5.41, 5.74) is 2.69. The van der Waals surface area contributed by atoms with Gasteiger partial charge in [0.1, 0.15) is 0 Å². The van der Waals surface area contributed by atoms with Crippen LogP contribution >= 0.6 is 15.9 Å². The zero-order valence-electron chi connectivity index (χ0n) is 13.4. The average molecular weight is 342 g/mol. The summed E-state index contributed by atoms with van der Waals surface area (Å²) in [6.45, 7) is 10.7. The lowest BCUT2D eigenvalue weighted by Crippen LogP contribution is -2.40. The van der Waals surface area contributed by atoms with Gasteiger partial charge < -0.3 is 15.1 Å². The van der Waals surface area contributed by atoms with Gasteiger partial charge in [0.25, 0.3) is 0 Å². The van der Waals surface area contributed by atoms with Gasteiger partial charge in [-0.15, -0.1) is 0 Å². The normalized spacial score (nSPS) is 12.8. The molecule has 1 N–H and O–H groups in total. The van der Waals surface area contributed by atoms with Gasteiger partial charge in [0, 0.05) is 35.8 Å². The molecule has 0 bridgehead atoms. The molecule has 1 unspecified atom stereocenters. The molecule has 0 saturated carbocycles. The molecule has 0 heterocycles. The van der Waals surface area contributed by atoms with Crippen LogP contribution in [0.1, 0.15) is 26.3 Å². The second-order valence-corrected chi connectivity index (χ2v) is 6.37. The zero-order valence-corrected chi connectivity index (χ0v) is 15.0. The Labute approximate surface area is 132 Å². The van der Waals surface area contributed by atoms with Crippen LogP contribution in [0.4, 0.5) is 5.69 Å². The molecule has 3 nitrogen and oxygen atoms in total. The van der Waals surface area contributed by atoms with Gasteiger partial charge in [-0.05, 0) is 52.2 Å². The van der Waals surface area contributed by atoms with E-state index >= 15 is 0 Å². The van der Waals surface area contributed by atoms with Crippen molar-refractivity contribution in [1.82, 2.24) is 10.2 Å². The number of benzene rings is 1. The monoisotopic (exact) mass is 341 g/mol. The Balaban J connectivity index is 3.02. The van der Waals surface area contributed by atoms with Crippen molar-refractivity contribution in [1.29, 1.82) is 0 Å². The molecule has 0 aromatic heterocycles. The number of likely N-dealkylation sites (N-methyl/N-ethyl adjacent to an activating group) is 2. The summed E-state index contributed by atoms with van der Waals surface area (Å²) in [6.07, 6.45) is 0. The smallest absolute Gasteiger partial charge is 0.0425 e. The largest absolute Gasteiger partial charge is 0.368 e. The molecule has 1 atom stereocenters. The van der Waals surface area contributed by atoms with E-state index in [1.54, 1.807) is 0 Å². The van der Waals surface area contributed by atoms with Crippen molar-refractivity contribution in [3.63, 3.8) is 0 Å². The summed E-state index contributed by atoms with van der Waals surface area (Å²) in [5, 5.41) is 3.43. The predicted octanol–water partition coefficient (Wildman–Crippen LogP) is 3.34. The summed E-state index contributed by atoms with van der Waals surface area (Å²) in [7, 11) is 4.26. The molecule has 1 aromatic carbocycles. The van der Waals surface area contributed by atoms with Crippen molar-refractivity contribution in [2.45, 2.75) is 33.4 Å². The van der Waals surface area contributed by atoms with Gasteiger partial charge >= 0.3 is 0 Å². The van der Waals surface area contributed by atoms with Crippen molar-refractivity contribution < 1.29 is 0 Å². The minimum absolute atomic E-state index is 0.490. The second kappa shape index (κ2) is 8.65. The SMILES string of the molecule is CCNCc1ccc(Br)cc1N(CC)C(C)CN(C)C. The molecular formula is C16H28BrN3. The van der Waals surface area contributed by atoms with E-state index in [1.165, 1.54) is 11.3 Å². The maximum atomic E-state index is 3.60. The Hall–Kier alpha value is -0.580. The van der Waals surface area contributed by atoms with Gasteiger partial charge in [0.15, 0.2) is 0 Å². The first kappa shape index (κ1) is 17.5. The van der Waals surface area contributed by atoms with E-state index in [2.05, 4.69) is 84.1 Å². The molecule has 1 rings (SSSR count). The Kier molecular flexibility index (Phi) is 7.56. The van der Waals surface area contributed by atoms with Crippen LogP contribution in [-0.4, -0.2) is 44.7 Å². The molecule has 0 amide bonds. The van der Waals surface area contributed by atoms with Crippen LogP contribution in [0.25, 0.3) is 0 Å². The molecule has 0 fully saturated rings. The fourth-order valence-electron chi connectivity index (χ4n) is 2.56. The van der Waals surface area contributed by atoms with Crippen molar-refractivity contribution in [3.8, 4) is 0 Å².